The molecular weight excluding hydrogens is 300 g/mol. The van der Waals surface area contributed by atoms with E-state index in [1.807, 2.05) is 24.6 Å². The predicted octanol–water partition coefficient (Wildman–Crippen LogP) is 4.17. The van der Waals surface area contributed by atoms with Gasteiger partial charge in [-0.15, -0.1) is 11.8 Å². The van der Waals surface area contributed by atoms with Gasteiger partial charge in [-0.3, -0.25) is 4.68 Å². The van der Waals surface area contributed by atoms with Crippen molar-refractivity contribution in [3.8, 4) is 0 Å². The second-order valence-electron chi connectivity index (χ2n) is 3.79. The molecule has 0 aromatic carbocycles. The lowest BCUT2D eigenvalue weighted by atomic mass is 10.4. The number of nitrogens with zero attached hydrogens (tertiary/aromatic N) is 2. The molecule has 0 radical (unpaired) electrons. The number of halogens is 1. The van der Waals surface area contributed by atoms with Gasteiger partial charge in [-0.1, -0.05) is 0 Å². The maximum atomic E-state index is 5.29. The molecule has 0 N–H and O–H groups in total. The van der Waals surface area contributed by atoms with E-state index in [-0.39, 0.29) is 0 Å². The highest BCUT2D eigenvalue weighted by Gasteiger charge is 2.13. The lowest BCUT2D eigenvalue weighted by Crippen LogP contribution is -2.01. The molecule has 3 nitrogen and oxygen atoms in total. The summed E-state index contributed by atoms with van der Waals surface area (Å²) in [7, 11) is 0. The molecule has 2 heterocycles. The van der Waals surface area contributed by atoms with Gasteiger partial charge in [-0.05, 0) is 42.8 Å². The van der Waals surface area contributed by atoms with Crippen LogP contribution < -0.4 is 0 Å². The number of furan rings is 1. The minimum Gasteiger partial charge on any atom is -0.468 e. The van der Waals surface area contributed by atoms with E-state index in [1.165, 1.54) is 10.6 Å². The number of thioether (sulfide) groups is 1. The van der Waals surface area contributed by atoms with Crippen LogP contribution in [0.3, 0.4) is 0 Å². The van der Waals surface area contributed by atoms with Crippen molar-refractivity contribution >= 4 is 27.7 Å². The average Bonchev–Trinajstić information content (AvgIpc) is 2.83. The Morgan fingerprint density at radius 1 is 1.47 bits per heavy atom. The van der Waals surface area contributed by atoms with Crippen molar-refractivity contribution in [1.29, 1.82) is 0 Å². The Bertz CT molecular complexity index is 519. The van der Waals surface area contributed by atoms with Gasteiger partial charge in [-0.2, -0.15) is 5.10 Å². The van der Waals surface area contributed by atoms with Crippen LogP contribution in [0.4, 0.5) is 0 Å². The molecule has 2 aromatic heterocycles. The molecule has 17 heavy (non-hydrogen) atoms. The van der Waals surface area contributed by atoms with Crippen molar-refractivity contribution in [3.63, 3.8) is 0 Å². The summed E-state index contributed by atoms with van der Waals surface area (Å²) >= 11 is 5.38. The molecule has 0 aliphatic rings. The molecule has 0 bridgehead atoms. The zero-order valence-corrected chi connectivity index (χ0v) is 12.6. The van der Waals surface area contributed by atoms with Crippen molar-refractivity contribution in [2.45, 2.75) is 38.0 Å². The van der Waals surface area contributed by atoms with Gasteiger partial charge in [-0.25, -0.2) is 0 Å². The van der Waals surface area contributed by atoms with E-state index in [0.29, 0.717) is 0 Å². The fraction of sp³-hybridized carbons (Fsp3) is 0.417. The number of hydrogen-bond acceptors (Lipinski definition) is 3. The van der Waals surface area contributed by atoms with Crippen LogP contribution in [0.1, 0.15) is 24.1 Å². The Morgan fingerprint density at radius 2 is 2.24 bits per heavy atom. The van der Waals surface area contributed by atoms with Crippen molar-refractivity contribution in [2.75, 3.05) is 0 Å². The van der Waals surface area contributed by atoms with Crippen LogP contribution >= 0.6 is 27.7 Å². The predicted molar refractivity (Wildman–Crippen MR) is 73.3 cm³/mol. The molecule has 0 aliphatic heterocycles. The topological polar surface area (TPSA) is 31.0 Å². The number of rotatable bonds is 4. The molecule has 0 amide bonds. The Kier molecular flexibility index (Phi) is 3.99. The molecule has 0 saturated carbocycles. The van der Waals surface area contributed by atoms with Gasteiger partial charge in [0.1, 0.15) is 5.76 Å². The molecule has 0 spiro atoms. The van der Waals surface area contributed by atoms with Gasteiger partial charge in [0.25, 0.3) is 0 Å². The molecule has 0 atom stereocenters. The number of aryl methyl sites for hydroxylation is 3. The van der Waals surface area contributed by atoms with E-state index in [2.05, 4.69) is 28.0 Å². The zero-order valence-electron chi connectivity index (χ0n) is 10.2. The quantitative estimate of drug-likeness (QED) is 0.794. The second-order valence-corrected chi connectivity index (χ2v) is 5.60. The lowest BCUT2D eigenvalue weighted by molar-refractivity contribution is 0.527. The van der Waals surface area contributed by atoms with Crippen molar-refractivity contribution in [2.24, 2.45) is 0 Å². The molecule has 92 valence electrons. The average molecular weight is 315 g/mol. The SMILES string of the molecule is CCn1nc(C)c(Br)c1CSc1ccoc1C. The summed E-state index contributed by atoms with van der Waals surface area (Å²) in [6.45, 7) is 7.01. The van der Waals surface area contributed by atoms with Crippen LogP contribution in [0.2, 0.25) is 0 Å². The van der Waals surface area contributed by atoms with E-state index in [1.54, 1.807) is 18.0 Å². The Morgan fingerprint density at radius 3 is 2.82 bits per heavy atom. The maximum absolute atomic E-state index is 5.29. The maximum Gasteiger partial charge on any atom is 0.114 e. The van der Waals surface area contributed by atoms with E-state index >= 15 is 0 Å². The van der Waals surface area contributed by atoms with Gasteiger partial charge in [0.05, 0.1) is 22.1 Å². The van der Waals surface area contributed by atoms with Crippen LogP contribution in [0.5, 0.6) is 0 Å². The molecule has 0 fully saturated rings. The summed E-state index contributed by atoms with van der Waals surface area (Å²) in [6.07, 6.45) is 1.73. The molecular formula is C12H15BrN2OS. The number of aromatic nitrogens is 2. The normalized spacial score (nSPS) is 11.1. The standard InChI is InChI=1S/C12H15BrN2OS/c1-4-15-10(12(13)8(2)14-15)7-17-11-5-6-16-9(11)3/h5-6H,4,7H2,1-3H3. The fourth-order valence-electron chi connectivity index (χ4n) is 1.68. The molecule has 2 aromatic rings. The lowest BCUT2D eigenvalue weighted by Gasteiger charge is -2.04. The van der Waals surface area contributed by atoms with Crippen LogP contribution in [0.25, 0.3) is 0 Å². The van der Waals surface area contributed by atoms with Gasteiger partial charge in [0.2, 0.25) is 0 Å². The summed E-state index contributed by atoms with van der Waals surface area (Å²) in [4.78, 5) is 1.19. The Hall–Kier alpha value is -0.680. The smallest absolute Gasteiger partial charge is 0.114 e. The summed E-state index contributed by atoms with van der Waals surface area (Å²) in [5.41, 5.74) is 2.28. The second kappa shape index (κ2) is 5.31. The molecule has 0 unspecified atom stereocenters. The van der Waals surface area contributed by atoms with E-state index in [4.69, 9.17) is 4.42 Å². The van der Waals surface area contributed by atoms with Crippen LogP contribution in [0, 0.1) is 13.8 Å². The number of hydrogen-bond donors (Lipinski definition) is 0. The highest BCUT2D eigenvalue weighted by atomic mass is 79.9. The first-order valence-electron chi connectivity index (χ1n) is 5.52. The van der Waals surface area contributed by atoms with Gasteiger partial charge in [0.15, 0.2) is 0 Å². The highest BCUT2D eigenvalue weighted by Crippen LogP contribution is 2.30. The first-order chi connectivity index (χ1) is 8.13. The van der Waals surface area contributed by atoms with Crippen molar-refractivity contribution in [3.05, 3.63) is 34.0 Å². The molecule has 5 heteroatoms. The Balaban J connectivity index is 2.16. The summed E-state index contributed by atoms with van der Waals surface area (Å²) in [5.74, 6) is 1.88. The highest BCUT2D eigenvalue weighted by molar-refractivity contribution is 9.10. The van der Waals surface area contributed by atoms with Crippen molar-refractivity contribution < 1.29 is 4.42 Å². The first-order valence-corrected chi connectivity index (χ1v) is 7.30. The largest absolute Gasteiger partial charge is 0.468 e. The zero-order chi connectivity index (χ0) is 12.4. The Labute approximate surface area is 114 Å². The molecule has 0 saturated heterocycles. The third-order valence-corrected chi connectivity index (χ3v) is 4.81. The third kappa shape index (κ3) is 2.60. The first kappa shape index (κ1) is 12.8. The van der Waals surface area contributed by atoms with Gasteiger partial charge < -0.3 is 4.42 Å². The van der Waals surface area contributed by atoms with Crippen molar-refractivity contribution in [1.82, 2.24) is 9.78 Å². The van der Waals surface area contributed by atoms with Crippen LogP contribution in [0.15, 0.2) is 26.1 Å². The van der Waals surface area contributed by atoms with Gasteiger partial charge >= 0.3 is 0 Å². The molecule has 2 rings (SSSR count). The van der Waals surface area contributed by atoms with E-state index in [0.717, 1.165) is 28.2 Å². The summed E-state index contributed by atoms with van der Waals surface area (Å²) < 4.78 is 8.45. The van der Waals surface area contributed by atoms with Gasteiger partial charge in [0, 0.05) is 17.2 Å². The fourth-order valence-corrected chi connectivity index (χ4v) is 3.27. The van der Waals surface area contributed by atoms with E-state index in [9.17, 15) is 0 Å². The summed E-state index contributed by atoms with van der Waals surface area (Å²) in [5, 5.41) is 4.48. The summed E-state index contributed by atoms with van der Waals surface area (Å²) in [6, 6.07) is 2.01. The van der Waals surface area contributed by atoms with E-state index < -0.39 is 0 Å². The minimum atomic E-state index is 0.896. The molecule has 0 aliphatic carbocycles. The van der Waals surface area contributed by atoms with Crippen LogP contribution in [-0.2, 0) is 12.3 Å². The third-order valence-electron chi connectivity index (χ3n) is 2.63. The monoisotopic (exact) mass is 314 g/mol. The minimum absolute atomic E-state index is 0.896. The van der Waals surface area contributed by atoms with Crippen LogP contribution in [-0.4, -0.2) is 9.78 Å².